The van der Waals surface area contributed by atoms with Gasteiger partial charge < -0.3 is 5.32 Å². The number of nitrogens with one attached hydrogen (secondary N) is 1. The highest BCUT2D eigenvalue weighted by Gasteiger charge is 2.27. The maximum absolute atomic E-state index is 12.5. The van der Waals surface area contributed by atoms with Gasteiger partial charge in [-0.05, 0) is 44.0 Å². The van der Waals surface area contributed by atoms with Gasteiger partial charge in [-0.2, -0.15) is 4.31 Å². The van der Waals surface area contributed by atoms with Crippen molar-refractivity contribution in [2.75, 3.05) is 20.1 Å². The molecule has 0 bridgehead atoms. The molecule has 2 rings (SSSR count). The van der Waals surface area contributed by atoms with Gasteiger partial charge in [-0.15, -0.1) is 0 Å². The molecule has 1 fully saturated rings. The van der Waals surface area contributed by atoms with Crippen LogP contribution in [0.15, 0.2) is 29.2 Å². The molecule has 1 saturated heterocycles. The highest BCUT2D eigenvalue weighted by atomic mass is 32.2. The van der Waals surface area contributed by atoms with Gasteiger partial charge in [-0.25, -0.2) is 8.42 Å². The van der Waals surface area contributed by atoms with Gasteiger partial charge in [0.05, 0.1) is 4.90 Å². The van der Waals surface area contributed by atoms with Crippen molar-refractivity contribution in [3.63, 3.8) is 0 Å². The zero-order valence-electron chi connectivity index (χ0n) is 11.6. The minimum atomic E-state index is -3.31. The fraction of sp³-hybridized carbons (Fsp3) is 0.571. The second kappa shape index (κ2) is 6.03. The van der Waals surface area contributed by atoms with Crippen LogP contribution in [0.5, 0.6) is 0 Å². The second-order valence-electron chi connectivity index (χ2n) is 4.93. The van der Waals surface area contributed by atoms with Crippen LogP contribution in [0.25, 0.3) is 0 Å². The topological polar surface area (TPSA) is 49.4 Å². The van der Waals surface area contributed by atoms with Crippen molar-refractivity contribution in [2.24, 2.45) is 0 Å². The quantitative estimate of drug-likeness (QED) is 0.900. The first kappa shape index (κ1) is 14.5. The lowest BCUT2D eigenvalue weighted by molar-refractivity contribution is 0.477. The molecule has 106 valence electrons. The predicted molar refractivity (Wildman–Crippen MR) is 76.5 cm³/mol. The molecule has 1 aromatic carbocycles. The molecule has 5 heteroatoms. The zero-order valence-corrected chi connectivity index (χ0v) is 12.4. The Bertz CT molecular complexity index is 518. The molecule has 0 saturated carbocycles. The Morgan fingerprint density at radius 3 is 2.58 bits per heavy atom. The molecule has 0 aromatic heterocycles. The van der Waals surface area contributed by atoms with Crippen molar-refractivity contribution >= 4 is 10.0 Å². The molecule has 0 radical (unpaired) electrons. The molecule has 1 aromatic rings. The third-order valence-corrected chi connectivity index (χ3v) is 5.61. The van der Waals surface area contributed by atoms with Crippen LogP contribution in [-0.2, 0) is 10.0 Å². The average Bonchev–Trinajstić information content (AvgIpc) is 2.95. The molecule has 0 spiro atoms. The molecule has 4 nitrogen and oxygen atoms in total. The summed E-state index contributed by atoms with van der Waals surface area (Å²) in [5.74, 6) is 0. The third kappa shape index (κ3) is 2.99. The molecule has 1 aliphatic rings. The van der Waals surface area contributed by atoms with Crippen LogP contribution in [0, 0.1) is 0 Å². The molecular formula is C14H22N2O2S. The molecule has 1 heterocycles. The number of hydrogen-bond donors (Lipinski definition) is 1. The average molecular weight is 282 g/mol. The number of rotatable bonds is 5. The van der Waals surface area contributed by atoms with E-state index in [1.807, 2.05) is 19.2 Å². The smallest absolute Gasteiger partial charge is 0.243 e. The number of sulfonamides is 1. The van der Waals surface area contributed by atoms with Crippen molar-refractivity contribution in [3.05, 3.63) is 29.8 Å². The minimum absolute atomic E-state index is 0.203. The minimum Gasteiger partial charge on any atom is -0.313 e. The second-order valence-corrected chi connectivity index (χ2v) is 6.87. The lowest BCUT2D eigenvalue weighted by atomic mass is 10.1. The first-order valence-electron chi connectivity index (χ1n) is 6.87. The van der Waals surface area contributed by atoms with Gasteiger partial charge in [-0.3, -0.25) is 0 Å². The fourth-order valence-electron chi connectivity index (χ4n) is 2.58. The summed E-state index contributed by atoms with van der Waals surface area (Å²) < 4.78 is 26.6. The number of nitrogens with zero attached hydrogens (tertiary/aromatic N) is 1. The van der Waals surface area contributed by atoms with Crippen LogP contribution < -0.4 is 5.32 Å². The molecule has 0 amide bonds. The van der Waals surface area contributed by atoms with Crippen molar-refractivity contribution in [1.29, 1.82) is 0 Å². The summed E-state index contributed by atoms with van der Waals surface area (Å²) >= 11 is 0. The maximum atomic E-state index is 12.5. The van der Waals surface area contributed by atoms with Gasteiger partial charge in [0.25, 0.3) is 0 Å². The Kier molecular flexibility index (Phi) is 4.60. The van der Waals surface area contributed by atoms with E-state index in [0.717, 1.165) is 24.8 Å². The summed E-state index contributed by atoms with van der Waals surface area (Å²) in [6.07, 6.45) is 2.86. The standard InChI is InChI=1S/C14H22N2O2S/c1-3-14(15-2)12-7-6-8-13(11-12)19(17,18)16-9-4-5-10-16/h6-8,11,14-15H,3-5,9-10H2,1-2H3. The molecule has 1 aliphatic heterocycles. The predicted octanol–water partition coefficient (Wildman–Crippen LogP) is 2.14. The highest BCUT2D eigenvalue weighted by Crippen LogP contribution is 2.24. The van der Waals surface area contributed by atoms with Crippen molar-refractivity contribution in [1.82, 2.24) is 9.62 Å². The van der Waals surface area contributed by atoms with Gasteiger partial charge >= 0.3 is 0 Å². The fourth-order valence-corrected chi connectivity index (χ4v) is 4.15. The molecule has 1 atom stereocenters. The van der Waals surface area contributed by atoms with Gasteiger partial charge in [0.15, 0.2) is 0 Å². The Morgan fingerprint density at radius 1 is 1.32 bits per heavy atom. The van der Waals surface area contributed by atoms with E-state index >= 15 is 0 Å². The van der Waals surface area contributed by atoms with Crippen molar-refractivity contribution in [3.8, 4) is 0 Å². The molecule has 1 N–H and O–H groups in total. The van der Waals surface area contributed by atoms with Crippen LogP contribution in [0.4, 0.5) is 0 Å². The summed E-state index contributed by atoms with van der Waals surface area (Å²) in [7, 11) is -1.41. The van der Waals surface area contributed by atoms with Crippen molar-refractivity contribution in [2.45, 2.75) is 37.1 Å². The lowest BCUT2D eigenvalue weighted by Gasteiger charge is -2.18. The number of hydrogen-bond acceptors (Lipinski definition) is 3. The van der Waals surface area contributed by atoms with E-state index in [4.69, 9.17) is 0 Å². The molecular weight excluding hydrogens is 260 g/mol. The van der Waals surface area contributed by atoms with E-state index in [1.165, 1.54) is 0 Å². The molecule has 1 unspecified atom stereocenters. The maximum Gasteiger partial charge on any atom is 0.243 e. The first-order valence-corrected chi connectivity index (χ1v) is 8.31. The monoisotopic (exact) mass is 282 g/mol. The normalized spacial score (nSPS) is 18.6. The SMILES string of the molecule is CCC(NC)c1cccc(S(=O)(=O)N2CCCC2)c1. The van der Waals surface area contributed by atoms with Gasteiger partial charge in [-0.1, -0.05) is 19.1 Å². The summed E-state index contributed by atoms with van der Waals surface area (Å²) in [5.41, 5.74) is 1.03. The summed E-state index contributed by atoms with van der Waals surface area (Å²) in [6, 6.07) is 7.51. The van der Waals surface area contributed by atoms with Crippen molar-refractivity contribution < 1.29 is 8.42 Å². The Morgan fingerprint density at radius 2 is 2.00 bits per heavy atom. The van der Waals surface area contributed by atoms with Crippen LogP contribution in [-0.4, -0.2) is 32.9 Å². The molecule has 19 heavy (non-hydrogen) atoms. The van der Waals surface area contributed by atoms with E-state index in [1.54, 1.807) is 16.4 Å². The summed E-state index contributed by atoms with van der Waals surface area (Å²) in [6.45, 7) is 3.38. The van der Waals surface area contributed by atoms with Gasteiger partial charge in [0.1, 0.15) is 0 Å². The van der Waals surface area contributed by atoms with E-state index in [2.05, 4.69) is 12.2 Å². The Labute approximate surface area is 115 Å². The first-order chi connectivity index (χ1) is 9.09. The molecule has 0 aliphatic carbocycles. The Balaban J connectivity index is 2.32. The van der Waals surface area contributed by atoms with E-state index in [0.29, 0.717) is 18.0 Å². The summed E-state index contributed by atoms with van der Waals surface area (Å²) in [5, 5.41) is 3.21. The van der Waals surface area contributed by atoms with Gasteiger partial charge in [0, 0.05) is 19.1 Å². The van der Waals surface area contributed by atoms with E-state index in [-0.39, 0.29) is 6.04 Å². The van der Waals surface area contributed by atoms with Gasteiger partial charge in [0.2, 0.25) is 10.0 Å². The lowest BCUT2D eigenvalue weighted by Crippen LogP contribution is -2.28. The number of benzene rings is 1. The zero-order chi connectivity index (χ0) is 13.9. The van der Waals surface area contributed by atoms with Crippen LogP contribution in [0.1, 0.15) is 37.8 Å². The van der Waals surface area contributed by atoms with Crippen LogP contribution >= 0.6 is 0 Å². The van der Waals surface area contributed by atoms with E-state index in [9.17, 15) is 8.42 Å². The third-order valence-electron chi connectivity index (χ3n) is 3.72. The summed E-state index contributed by atoms with van der Waals surface area (Å²) in [4.78, 5) is 0.417. The largest absolute Gasteiger partial charge is 0.313 e. The van der Waals surface area contributed by atoms with Crippen LogP contribution in [0.3, 0.4) is 0 Å². The Hall–Kier alpha value is -0.910. The van der Waals surface area contributed by atoms with E-state index < -0.39 is 10.0 Å². The van der Waals surface area contributed by atoms with Crippen LogP contribution in [0.2, 0.25) is 0 Å². The highest BCUT2D eigenvalue weighted by molar-refractivity contribution is 7.89.